The lowest BCUT2D eigenvalue weighted by Crippen LogP contribution is -2.24. The van der Waals surface area contributed by atoms with Crippen molar-refractivity contribution in [1.29, 1.82) is 0 Å². The van der Waals surface area contributed by atoms with E-state index >= 15 is 0 Å². The van der Waals surface area contributed by atoms with Crippen molar-refractivity contribution in [3.05, 3.63) is 23.1 Å². The summed E-state index contributed by atoms with van der Waals surface area (Å²) in [5.74, 6) is 1.82. The van der Waals surface area contributed by atoms with Crippen LogP contribution < -0.4 is 4.90 Å². The number of tetrazole rings is 1. The molecule has 0 amide bonds. The summed E-state index contributed by atoms with van der Waals surface area (Å²) in [6.07, 6.45) is 1.61. The van der Waals surface area contributed by atoms with Gasteiger partial charge in [0, 0.05) is 24.4 Å². The first-order valence-electron chi connectivity index (χ1n) is 6.30. The fourth-order valence-electron chi connectivity index (χ4n) is 2.22. The van der Waals surface area contributed by atoms with E-state index in [0.29, 0.717) is 5.82 Å². The van der Waals surface area contributed by atoms with Gasteiger partial charge in [-0.2, -0.15) is 5.21 Å². The zero-order valence-corrected chi connectivity index (χ0v) is 12.3. The molecule has 20 heavy (non-hydrogen) atoms. The Morgan fingerprint density at radius 3 is 3.00 bits per heavy atom. The Kier molecular flexibility index (Phi) is 3.31. The number of aryl methyl sites for hydroxylation is 1. The molecule has 8 heteroatoms. The minimum atomic E-state index is 0.170. The van der Waals surface area contributed by atoms with Gasteiger partial charge in [0.15, 0.2) is 5.82 Å². The third-order valence-corrected chi connectivity index (χ3v) is 4.10. The molecule has 7 nitrogen and oxygen atoms in total. The summed E-state index contributed by atoms with van der Waals surface area (Å²) >= 11 is 1.68. The highest BCUT2D eigenvalue weighted by Crippen LogP contribution is 2.29. The molecule has 0 aliphatic heterocycles. The number of nitrogens with zero attached hydrogens (tertiary/aromatic N) is 6. The molecule has 104 valence electrons. The highest BCUT2D eigenvalue weighted by Gasteiger charge is 2.16. The topological polar surface area (TPSA) is 83.5 Å². The molecule has 3 rings (SSSR count). The van der Waals surface area contributed by atoms with Crippen LogP contribution in [0, 0.1) is 6.92 Å². The Morgan fingerprint density at radius 1 is 1.40 bits per heavy atom. The van der Waals surface area contributed by atoms with Gasteiger partial charge >= 0.3 is 0 Å². The summed E-state index contributed by atoms with van der Waals surface area (Å²) in [7, 11) is 2.02. The molecular weight excluding hydrogens is 274 g/mol. The monoisotopic (exact) mass is 289 g/mol. The van der Waals surface area contributed by atoms with E-state index in [4.69, 9.17) is 0 Å². The van der Waals surface area contributed by atoms with Crippen molar-refractivity contribution in [2.24, 2.45) is 0 Å². The Morgan fingerprint density at radius 2 is 2.25 bits per heavy atom. The minimum Gasteiger partial charge on any atom is -0.358 e. The predicted molar refractivity (Wildman–Crippen MR) is 78.0 cm³/mol. The van der Waals surface area contributed by atoms with Crippen molar-refractivity contribution in [2.45, 2.75) is 19.8 Å². The summed E-state index contributed by atoms with van der Waals surface area (Å²) in [6.45, 7) is 4.91. The van der Waals surface area contributed by atoms with Crippen LogP contribution in [0.5, 0.6) is 0 Å². The Labute approximate surface area is 120 Å². The van der Waals surface area contributed by atoms with E-state index < -0.39 is 0 Å². The lowest BCUT2D eigenvalue weighted by molar-refractivity contribution is 0.683. The second-order valence-corrected chi connectivity index (χ2v) is 6.06. The molecular formula is C12H15N7S. The summed E-state index contributed by atoms with van der Waals surface area (Å²) in [5.41, 5.74) is 0. The van der Waals surface area contributed by atoms with Crippen molar-refractivity contribution in [3.8, 4) is 0 Å². The van der Waals surface area contributed by atoms with Crippen LogP contribution in [0.15, 0.2) is 12.4 Å². The molecule has 0 saturated heterocycles. The number of aromatic nitrogens is 6. The first kappa shape index (κ1) is 12.9. The number of aromatic amines is 1. The molecule has 0 aliphatic carbocycles. The molecule has 0 spiro atoms. The first-order chi connectivity index (χ1) is 9.65. The Bertz CT molecular complexity index is 706. The van der Waals surface area contributed by atoms with Crippen LogP contribution in [0.25, 0.3) is 10.2 Å². The van der Waals surface area contributed by atoms with Gasteiger partial charge in [0.2, 0.25) is 0 Å². The number of anilines is 1. The molecule has 1 atom stereocenters. The second kappa shape index (κ2) is 5.12. The standard InChI is InChI=1S/C12H15N7S/c1-7(10-15-17-18-16-10)5-19(3)11-9-4-8(2)20-12(9)14-6-13-11/h4,6-7H,5H2,1-3H3,(H,15,16,17,18). The van der Waals surface area contributed by atoms with Crippen LogP contribution in [-0.2, 0) is 0 Å². The van der Waals surface area contributed by atoms with Crippen molar-refractivity contribution in [1.82, 2.24) is 30.6 Å². The van der Waals surface area contributed by atoms with Crippen molar-refractivity contribution < 1.29 is 0 Å². The van der Waals surface area contributed by atoms with Gasteiger partial charge in [-0.15, -0.1) is 21.5 Å². The van der Waals surface area contributed by atoms with Gasteiger partial charge in [-0.1, -0.05) is 12.1 Å². The van der Waals surface area contributed by atoms with E-state index in [0.717, 1.165) is 22.6 Å². The highest BCUT2D eigenvalue weighted by atomic mass is 32.1. The molecule has 0 bridgehead atoms. The van der Waals surface area contributed by atoms with Gasteiger partial charge in [-0.25, -0.2) is 9.97 Å². The van der Waals surface area contributed by atoms with Gasteiger partial charge in [-0.3, -0.25) is 0 Å². The summed E-state index contributed by atoms with van der Waals surface area (Å²) in [6, 6.07) is 2.13. The van der Waals surface area contributed by atoms with E-state index in [1.165, 1.54) is 4.88 Å². The zero-order valence-electron chi connectivity index (χ0n) is 11.5. The van der Waals surface area contributed by atoms with E-state index in [1.54, 1.807) is 17.7 Å². The fourth-order valence-corrected chi connectivity index (χ4v) is 3.07. The first-order valence-corrected chi connectivity index (χ1v) is 7.12. The maximum atomic E-state index is 4.41. The number of thiophene rings is 1. The number of fused-ring (bicyclic) bond motifs is 1. The van der Waals surface area contributed by atoms with E-state index in [-0.39, 0.29) is 5.92 Å². The van der Waals surface area contributed by atoms with Crippen LogP contribution in [0.2, 0.25) is 0 Å². The Balaban J connectivity index is 1.87. The maximum Gasteiger partial charge on any atom is 0.179 e. The van der Waals surface area contributed by atoms with E-state index in [9.17, 15) is 0 Å². The smallest absolute Gasteiger partial charge is 0.179 e. The van der Waals surface area contributed by atoms with Crippen molar-refractivity contribution >= 4 is 27.4 Å². The molecule has 0 fully saturated rings. The lowest BCUT2D eigenvalue weighted by atomic mass is 10.1. The molecule has 3 aromatic heterocycles. The average molecular weight is 289 g/mol. The third kappa shape index (κ3) is 2.34. The quantitative estimate of drug-likeness (QED) is 0.788. The van der Waals surface area contributed by atoms with Gasteiger partial charge in [0.25, 0.3) is 0 Å². The van der Waals surface area contributed by atoms with E-state index in [2.05, 4.69) is 55.4 Å². The van der Waals surface area contributed by atoms with Gasteiger partial charge in [0.1, 0.15) is 17.0 Å². The Hall–Kier alpha value is -2.09. The molecule has 0 radical (unpaired) electrons. The number of hydrogen-bond donors (Lipinski definition) is 1. The second-order valence-electron chi connectivity index (χ2n) is 4.82. The molecule has 1 unspecified atom stereocenters. The molecule has 0 aliphatic rings. The number of rotatable bonds is 4. The third-order valence-electron chi connectivity index (χ3n) is 3.14. The van der Waals surface area contributed by atoms with Gasteiger partial charge in [-0.05, 0) is 13.0 Å². The van der Waals surface area contributed by atoms with Crippen LogP contribution in [-0.4, -0.2) is 44.2 Å². The largest absolute Gasteiger partial charge is 0.358 e. The average Bonchev–Trinajstić information content (AvgIpc) is 3.05. The molecule has 3 heterocycles. The molecule has 1 N–H and O–H groups in total. The molecule has 0 saturated carbocycles. The van der Waals surface area contributed by atoms with Crippen LogP contribution in [0.1, 0.15) is 23.5 Å². The summed E-state index contributed by atoms with van der Waals surface area (Å²) in [5, 5.41) is 15.2. The van der Waals surface area contributed by atoms with Gasteiger partial charge in [0.05, 0.1) is 5.39 Å². The van der Waals surface area contributed by atoms with Crippen molar-refractivity contribution in [2.75, 3.05) is 18.5 Å². The maximum absolute atomic E-state index is 4.41. The summed E-state index contributed by atoms with van der Waals surface area (Å²) in [4.78, 5) is 13.1. The number of nitrogens with one attached hydrogen (secondary N) is 1. The molecule has 3 aromatic rings. The highest BCUT2D eigenvalue weighted by molar-refractivity contribution is 7.18. The SMILES string of the molecule is Cc1cc2c(N(C)CC(C)c3nn[nH]n3)ncnc2s1. The normalized spacial score (nSPS) is 12.8. The summed E-state index contributed by atoms with van der Waals surface area (Å²) < 4.78 is 0. The minimum absolute atomic E-state index is 0.170. The number of H-pyrrole nitrogens is 1. The lowest BCUT2D eigenvalue weighted by Gasteiger charge is -2.21. The van der Waals surface area contributed by atoms with Crippen LogP contribution >= 0.6 is 11.3 Å². The fraction of sp³-hybridized carbons (Fsp3) is 0.417. The van der Waals surface area contributed by atoms with E-state index in [1.807, 2.05) is 7.05 Å². The van der Waals surface area contributed by atoms with Crippen LogP contribution in [0.3, 0.4) is 0 Å². The van der Waals surface area contributed by atoms with Crippen LogP contribution in [0.4, 0.5) is 5.82 Å². The number of hydrogen-bond acceptors (Lipinski definition) is 7. The predicted octanol–water partition coefficient (Wildman–Crippen LogP) is 1.75. The number of likely N-dealkylation sites (N-methyl/N-ethyl adjacent to an activating group) is 1. The molecule has 0 aromatic carbocycles. The van der Waals surface area contributed by atoms with Gasteiger partial charge < -0.3 is 4.90 Å². The van der Waals surface area contributed by atoms with Crippen molar-refractivity contribution in [3.63, 3.8) is 0 Å². The zero-order chi connectivity index (χ0) is 14.1.